The van der Waals surface area contributed by atoms with Crippen molar-refractivity contribution in [1.82, 2.24) is 5.32 Å². The number of hydrogen-bond acceptors (Lipinski definition) is 2. The molecule has 0 saturated carbocycles. The Balaban J connectivity index is 1.90. The average molecular weight is 204 g/mol. The predicted molar refractivity (Wildman–Crippen MR) is 65.4 cm³/mol. The third-order valence-electron chi connectivity index (χ3n) is 3.22. The van der Waals surface area contributed by atoms with E-state index in [2.05, 4.69) is 42.7 Å². The number of anilines is 1. The maximum Gasteiger partial charge on any atom is 0.0343 e. The first-order chi connectivity index (χ1) is 7.25. The van der Waals surface area contributed by atoms with E-state index in [1.54, 1.807) is 0 Å². The predicted octanol–water partition coefficient (Wildman–Crippen LogP) is 2.47. The van der Waals surface area contributed by atoms with Gasteiger partial charge in [0.05, 0.1) is 0 Å². The Kier molecular flexibility index (Phi) is 3.27. The zero-order valence-electron chi connectivity index (χ0n) is 9.64. The molecule has 2 nitrogen and oxygen atoms in total. The Morgan fingerprint density at radius 2 is 2.20 bits per heavy atom. The number of aryl methyl sites for hydroxylation is 2. The summed E-state index contributed by atoms with van der Waals surface area (Å²) in [5, 5.41) is 6.98. The van der Waals surface area contributed by atoms with E-state index in [1.165, 1.54) is 36.2 Å². The van der Waals surface area contributed by atoms with Crippen LogP contribution in [-0.2, 0) is 0 Å². The van der Waals surface area contributed by atoms with Crippen LogP contribution in [0.25, 0.3) is 0 Å². The van der Waals surface area contributed by atoms with Crippen molar-refractivity contribution in [2.45, 2.75) is 32.7 Å². The zero-order valence-corrected chi connectivity index (χ0v) is 9.64. The van der Waals surface area contributed by atoms with E-state index >= 15 is 0 Å². The molecule has 0 amide bonds. The van der Waals surface area contributed by atoms with E-state index in [0.29, 0.717) is 6.04 Å². The summed E-state index contributed by atoms with van der Waals surface area (Å²) in [5.41, 5.74) is 3.96. The highest BCUT2D eigenvalue weighted by Crippen LogP contribution is 2.14. The van der Waals surface area contributed by atoms with Crippen LogP contribution in [0, 0.1) is 13.8 Å². The minimum Gasteiger partial charge on any atom is -0.383 e. The molecule has 1 heterocycles. The Labute approximate surface area is 92.1 Å². The molecule has 82 valence electrons. The number of benzene rings is 1. The van der Waals surface area contributed by atoms with Crippen molar-refractivity contribution in [2.75, 3.05) is 18.4 Å². The van der Waals surface area contributed by atoms with Crippen LogP contribution in [0.4, 0.5) is 5.69 Å². The topological polar surface area (TPSA) is 24.1 Å². The summed E-state index contributed by atoms with van der Waals surface area (Å²) in [6, 6.07) is 7.23. The van der Waals surface area contributed by atoms with E-state index < -0.39 is 0 Å². The van der Waals surface area contributed by atoms with Crippen LogP contribution in [-0.4, -0.2) is 19.1 Å². The van der Waals surface area contributed by atoms with Crippen LogP contribution in [0.5, 0.6) is 0 Å². The maximum absolute atomic E-state index is 3.49. The van der Waals surface area contributed by atoms with E-state index in [4.69, 9.17) is 0 Å². The lowest BCUT2D eigenvalue weighted by Crippen LogP contribution is -2.29. The van der Waals surface area contributed by atoms with Gasteiger partial charge in [-0.1, -0.05) is 6.07 Å². The largest absolute Gasteiger partial charge is 0.383 e. The van der Waals surface area contributed by atoms with Gasteiger partial charge < -0.3 is 10.6 Å². The van der Waals surface area contributed by atoms with Crippen LogP contribution in [0.1, 0.15) is 24.0 Å². The summed E-state index contributed by atoms with van der Waals surface area (Å²) in [6.45, 7) is 6.54. The molecule has 0 aromatic heterocycles. The van der Waals surface area contributed by atoms with E-state index in [1.807, 2.05) is 0 Å². The van der Waals surface area contributed by atoms with Crippen molar-refractivity contribution in [2.24, 2.45) is 0 Å². The van der Waals surface area contributed by atoms with Crippen molar-refractivity contribution in [3.8, 4) is 0 Å². The van der Waals surface area contributed by atoms with Crippen LogP contribution in [0.3, 0.4) is 0 Å². The third-order valence-corrected chi connectivity index (χ3v) is 3.22. The SMILES string of the molecule is Cc1ccc(NCC2CCCN2)cc1C. The molecule has 0 aliphatic carbocycles. The average Bonchev–Trinajstić information content (AvgIpc) is 2.73. The molecule has 1 unspecified atom stereocenters. The fourth-order valence-electron chi connectivity index (χ4n) is 2.02. The zero-order chi connectivity index (χ0) is 10.7. The molecule has 2 heteroatoms. The fraction of sp³-hybridized carbons (Fsp3) is 0.538. The highest BCUT2D eigenvalue weighted by atomic mass is 15.0. The van der Waals surface area contributed by atoms with Gasteiger partial charge in [0.1, 0.15) is 0 Å². The first kappa shape index (κ1) is 10.5. The van der Waals surface area contributed by atoms with Crippen molar-refractivity contribution in [1.29, 1.82) is 0 Å². The van der Waals surface area contributed by atoms with Gasteiger partial charge in [0.25, 0.3) is 0 Å². The molecule has 1 aliphatic rings. The summed E-state index contributed by atoms with van der Waals surface area (Å²) < 4.78 is 0. The molecule has 1 aliphatic heterocycles. The highest BCUT2D eigenvalue weighted by molar-refractivity contribution is 5.48. The molecule has 1 aromatic carbocycles. The molecule has 1 fully saturated rings. The molecule has 1 saturated heterocycles. The van der Waals surface area contributed by atoms with E-state index in [9.17, 15) is 0 Å². The molecular weight excluding hydrogens is 184 g/mol. The van der Waals surface area contributed by atoms with Crippen LogP contribution < -0.4 is 10.6 Å². The van der Waals surface area contributed by atoms with E-state index in [0.717, 1.165) is 6.54 Å². The summed E-state index contributed by atoms with van der Waals surface area (Å²) >= 11 is 0. The highest BCUT2D eigenvalue weighted by Gasteiger charge is 2.12. The lowest BCUT2D eigenvalue weighted by Gasteiger charge is -2.13. The maximum atomic E-state index is 3.49. The standard InChI is InChI=1S/C13H20N2/c1-10-5-6-12(8-11(10)2)15-9-13-4-3-7-14-13/h5-6,8,13-15H,3-4,7,9H2,1-2H3. The molecule has 0 bridgehead atoms. The van der Waals surface area contributed by atoms with Crippen LogP contribution in [0.2, 0.25) is 0 Å². The van der Waals surface area contributed by atoms with E-state index in [-0.39, 0.29) is 0 Å². The first-order valence-corrected chi connectivity index (χ1v) is 5.80. The molecule has 0 spiro atoms. The summed E-state index contributed by atoms with van der Waals surface area (Å²) in [5.74, 6) is 0. The summed E-state index contributed by atoms with van der Waals surface area (Å²) in [7, 11) is 0. The Morgan fingerprint density at radius 3 is 2.87 bits per heavy atom. The lowest BCUT2D eigenvalue weighted by molar-refractivity contribution is 0.633. The van der Waals surface area contributed by atoms with Gasteiger partial charge >= 0.3 is 0 Å². The molecule has 2 rings (SSSR count). The normalized spacial score (nSPS) is 20.5. The minimum absolute atomic E-state index is 0.659. The summed E-state index contributed by atoms with van der Waals surface area (Å²) in [4.78, 5) is 0. The van der Waals surface area contributed by atoms with Gasteiger partial charge in [-0.15, -0.1) is 0 Å². The number of nitrogens with one attached hydrogen (secondary N) is 2. The Hall–Kier alpha value is -1.02. The second-order valence-electron chi connectivity index (χ2n) is 4.47. The summed E-state index contributed by atoms with van der Waals surface area (Å²) in [6.07, 6.45) is 2.62. The quantitative estimate of drug-likeness (QED) is 0.790. The molecule has 1 aromatic rings. The molecule has 2 N–H and O–H groups in total. The van der Waals surface area contributed by atoms with Crippen molar-refractivity contribution < 1.29 is 0 Å². The molecule has 1 atom stereocenters. The lowest BCUT2D eigenvalue weighted by atomic mass is 10.1. The van der Waals surface area contributed by atoms with Gasteiger partial charge in [0.15, 0.2) is 0 Å². The first-order valence-electron chi connectivity index (χ1n) is 5.80. The van der Waals surface area contributed by atoms with Crippen molar-refractivity contribution >= 4 is 5.69 Å². The third kappa shape index (κ3) is 2.72. The monoisotopic (exact) mass is 204 g/mol. The Bertz CT molecular complexity index is 327. The van der Waals surface area contributed by atoms with Gasteiger partial charge in [0.2, 0.25) is 0 Å². The minimum atomic E-state index is 0.659. The van der Waals surface area contributed by atoms with Crippen LogP contribution >= 0.6 is 0 Å². The second-order valence-corrected chi connectivity index (χ2v) is 4.47. The fourth-order valence-corrected chi connectivity index (χ4v) is 2.02. The van der Waals surface area contributed by atoms with Gasteiger partial charge in [-0.2, -0.15) is 0 Å². The Morgan fingerprint density at radius 1 is 1.33 bits per heavy atom. The van der Waals surface area contributed by atoms with Crippen molar-refractivity contribution in [3.63, 3.8) is 0 Å². The second kappa shape index (κ2) is 4.67. The van der Waals surface area contributed by atoms with Gasteiger partial charge in [-0.3, -0.25) is 0 Å². The van der Waals surface area contributed by atoms with Gasteiger partial charge in [-0.05, 0) is 56.5 Å². The van der Waals surface area contributed by atoms with Gasteiger partial charge in [-0.25, -0.2) is 0 Å². The smallest absolute Gasteiger partial charge is 0.0343 e. The van der Waals surface area contributed by atoms with Crippen LogP contribution in [0.15, 0.2) is 18.2 Å². The molecule has 15 heavy (non-hydrogen) atoms. The van der Waals surface area contributed by atoms with Gasteiger partial charge in [0, 0.05) is 18.3 Å². The molecule has 0 radical (unpaired) electrons. The number of rotatable bonds is 3. The number of hydrogen-bond donors (Lipinski definition) is 2. The van der Waals surface area contributed by atoms with Crippen molar-refractivity contribution in [3.05, 3.63) is 29.3 Å². The molecular formula is C13H20N2.